The Labute approximate surface area is 55.5 Å². The largest absolute Gasteiger partial charge is 0.349 e. The number of hydrogen-bond acceptors (Lipinski definition) is 2. The van der Waals surface area contributed by atoms with Crippen LogP contribution in [0.2, 0.25) is 0 Å². The Morgan fingerprint density at radius 3 is 2.44 bits per heavy atom. The Hall–Kier alpha value is -0.340. The Morgan fingerprint density at radius 1 is 1.44 bits per heavy atom. The minimum Gasteiger partial charge on any atom is -0.349 e. The summed E-state index contributed by atoms with van der Waals surface area (Å²) in [5.41, 5.74) is 0. The summed E-state index contributed by atoms with van der Waals surface area (Å²) in [6.45, 7) is 7.23. The molecule has 0 spiro atoms. The molecule has 0 bridgehead atoms. The van der Waals surface area contributed by atoms with Crippen molar-refractivity contribution < 1.29 is 9.47 Å². The summed E-state index contributed by atoms with van der Waals surface area (Å²) >= 11 is 0. The maximum Gasteiger partial charge on any atom is 0.176 e. The number of hydrogen-bond donors (Lipinski definition) is 0. The molecule has 0 saturated carbocycles. The van der Waals surface area contributed by atoms with Crippen molar-refractivity contribution in [2.45, 2.75) is 13.2 Å². The summed E-state index contributed by atoms with van der Waals surface area (Å²) in [6, 6.07) is 0. The molecular weight excluding hydrogens is 116 g/mol. The predicted molar refractivity (Wildman–Crippen MR) is 35.1 cm³/mol. The highest BCUT2D eigenvalue weighted by molar-refractivity contribution is 4.74. The van der Waals surface area contributed by atoms with Gasteiger partial charge >= 0.3 is 0 Å². The molecule has 0 unspecified atom stereocenters. The van der Waals surface area contributed by atoms with Crippen LogP contribution < -0.4 is 0 Å². The van der Waals surface area contributed by atoms with Crippen molar-refractivity contribution in [3.05, 3.63) is 12.7 Å². The molecular formula is C7H12O2. The van der Waals surface area contributed by atoms with E-state index >= 15 is 0 Å². The van der Waals surface area contributed by atoms with E-state index in [1.54, 1.807) is 6.08 Å². The topological polar surface area (TPSA) is 18.5 Å². The van der Waals surface area contributed by atoms with Crippen LogP contribution in [0, 0.1) is 5.92 Å². The van der Waals surface area contributed by atoms with Gasteiger partial charge in [0.25, 0.3) is 0 Å². The van der Waals surface area contributed by atoms with E-state index in [2.05, 4.69) is 13.5 Å². The van der Waals surface area contributed by atoms with Gasteiger partial charge in [-0.2, -0.15) is 0 Å². The smallest absolute Gasteiger partial charge is 0.176 e. The molecule has 52 valence electrons. The quantitative estimate of drug-likeness (QED) is 0.494. The molecule has 2 heteroatoms. The lowest BCUT2D eigenvalue weighted by Gasteiger charge is -2.24. The SMILES string of the molecule is C=CC1OCC(C)CO1. The zero-order chi connectivity index (χ0) is 6.69. The van der Waals surface area contributed by atoms with Gasteiger partial charge in [-0.05, 0) is 6.08 Å². The van der Waals surface area contributed by atoms with E-state index < -0.39 is 0 Å². The fourth-order valence-electron chi connectivity index (χ4n) is 0.751. The zero-order valence-electron chi connectivity index (χ0n) is 5.67. The fourth-order valence-corrected chi connectivity index (χ4v) is 0.751. The van der Waals surface area contributed by atoms with Crippen molar-refractivity contribution in [2.24, 2.45) is 5.92 Å². The second-order valence-corrected chi connectivity index (χ2v) is 2.38. The van der Waals surface area contributed by atoms with Gasteiger partial charge < -0.3 is 9.47 Å². The normalized spacial score (nSPS) is 36.1. The monoisotopic (exact) mass is 128 g/mol. The summed E-state index contributed by atoms with van der Waals surface area (Å²) in [5.74, 6) is 0.529. The van der Waals surface area contributed by atoms with Crippen LogP contribution in [-0.4, -0.2) is 19.5 Å². The molecule has 0 aromatic carbocycles. The van der Waals surface area contributed by atoms with Gasteiger partial charge in [-0.1, -0.05) is 13.5 Å². The van der Waals surface area contributed by atoms with Crippen LogP contribution >= 0.6 is 0 Å². The van der Waals surface area contributed by atoms with Crippen LogP contribution in [0.3, 0.4) is 0 Å². The van der Waals surface area contributed by atoms with Crippen molar-refractivity contribution in [3.8, 4) is 0 Å². The summed E-state index contributed by atoms with van der Waals surface area (Å²) in [4.78, 5) is 0. The number of ether oxygens (including phenoxy) is 2. The van der Waals surface area contributed by atoms with Crippen molar-refractivity contribution in [3.63, 3.8) is 0 Å². The molecule has 0 aromatic heterocycles. The first kappa shape index (κ1) is 6.78. The molecule has 9 heavy (non-hydrogen) atoms. The van der Waals surface area contributed by atoms with Gasteiger partial charge in [0.15, 0.2) is 6.29 Å². The highest BCUT2D eigenvalue weighted by Gasteiger charge is 2.15. The fraction of sp³-hybridized carbons (Fsp3) is 0.714. The zero-order valence-corrected chi connectivity index (χ0v) is 5.67. The van der Waals surface area contributed by atoms with Crippen molar-refractivity contribution in [2.75, 3.05) is 13.2 Å². The Kier molecular flexibility index (Phi) is 2.25. The van der Waals surface area contributed by atoms with Crippen LogP contribution in [0.5, 0.6) is 0 Å². The third kappa shape index (κ3) is 1.80. The van der Waals surface area contributed by atoms with Crippen LogP contribution in [-0.2, 0) is 9.47 Å². The predicted octanol–water partition coefficient (Wildman–Crippen LogP) is 1.18. The van der Waals surface area contributed by atoms with Crippen LogP contribution in [0.1, 0.15) is 6.92 Å². The van der Waals surface area contributed by atoms with Crippen LogP contribution in [0.4, 0.5) is 0 Å². The third-order valence-electron chi connectivity index (χ3n) is 1.28. The lowest BCUT2D eigenvalue weighted by Crippen LogP contribution is -2.28. The van der Waals surface area contributed by atoms with Crippen LogP contribution in [0.25, 0.3) is 0 Å². The first-order valence-electron chi connectivity index (χ1n) is 3.18. The van der Waals surface area contributed by atoms with Gasteiger partial charge in [-0.15, -0.1) is 0 Å². The lowest BCUT2D eigenvalue weighted by atomic mass is 10.2. The van der Waals surface area contributed by atoms with E-state index in [0.717, 1.165) is 13.2 Å². The van der Waals surface area contributed by atoms with E-state index in [1.807, 2.05) is 0 Å². The standard InChI is InChI=1S/C7H12O2/c1-3-7-8-4-6(2)5-9-7/h3,6-7H,1,4-5H2,2H3. The minimum atomic E-state index is -0.166. The van der Waals surface area contributed by atoms with Gasteiger partial charge in [0.2, 0.25) is 0 Å². The van der Waals surface area contributed by atoms with Crippen molar-refractivity contribution in [1.82, 2.24) is 0 Å². The highest BCUT2D eigenvalue weighted by atomic mass is 16.7. The molecule has 2 nitrogen and oxygen atoms in total. The molecule has 1 aliphatic rings. The molecule has 0 aliphatic carbocycles. The van der Waals surface area contributed by atoms with Gasteiger partial charge in [0.1, 0.15) is 0 Å². The maximum atomic E-state index is 5.20. The second kappa shape index (κ2) is 2.99. The molecule has 0 amide bonds. The molecule has 1 heterocycles. The summed E-state index contributed by atoms with van der Waals surface area (Å²) in [6.07, 6.45) is 1.51. The van der Waals surface area contributed by atoms with Gasteiger partial charge in [0, 0.05) is 5.92 Å². The molecule has 0 N–H and O–H groups in total. The molecule has 1 rings (SSSR count). The summed E-state index contributed by atoms with van der Waals surface area (Å²) in [5, 5.41) is 0. The van der Waals surface area contributed by atoms with E-state index in [0.29, 0.717) is 5.92 Å². The molecule has 0 atom stereocenters. The first-order valence-corrected chi connectivity index (χ1v) is 3.18. The molecule has 1 aliphatic heterocycles. The lowest BCUT2D eigenvalue weighted by molar-refractivity contribution is -0.170. The second-order valence-electron chi connectivity index (χ2n) is 2.38. The Balaban J connectivity index is 2.26. The third-order valence-corrected chi connectivity index (χ3v) is 1.28. The summed E-state index contributed by atoms with van der Waals surface area (Å²) in [7, 11) is 0. The van der Waals surface area contributed by atoms with Gasteiger partial charge in [0.05, 0.1) is 13.2 Å². The molecule has 0 aromatic rings. The van der Waals surface area contributed by atoms with Crippen LogP contribution in [0.15, 0.2) is 12.7 Å². The summed E-state index contributed by atoms with van der Waals surface area (Å²) < 4.78 is 10.4. The minimum absolute atomic E-state index is 0.166. The van der Waals surface area contributed by atoms with Gasteiger partial charge in [-0.25, -0.2) is 0 Å². The average molecular weight is 128 g/mol. The molecule has 1 fully saturated rings. The molecule has 0 radical (unpaired) electrons. The van der Waals surface area contributed by atoms with Crippen molar-refractivity contribution >= 4 is 0 Å². The molecule has 1 saturated heterocycles. The maximum absolute atomic E-state index is 5.20. The van der Waals surface area contributed by atoms with Crippen molar-refractivity contribution in [1.29, 1.82) is 0 Å². The van der Waals surface area contributed by atoms with E-state index in [4.69, 9.17) is 9.47 Å². The van der Waals surface area contributed by atoms with E-state index in [1.165, 1.54) is 0 Å². The van der Waals surface area contributed by atoms with Gasteiger partial charge in [-0.3, -0.25) is 0 Å². The number of rotatable bonds is 1. The average Bonchev–Trinajstić information content (AvgIpc) is 1.90. The first-order chi connectivity index (χ1) is 4.33. The van der Waals surface area contributed by atoms with E-state index in [-0.39, 0.29) is 6.29 Å². The Bertz CT molecular complexity index is 93.1. The Morgan fingerprint density at radius 2 is 2.00 bits per heavy atom. The van der Waals surface area contributed by atoms with E-state index in [9.17, 15) is 0 Å². The highest BCUT2D eigenvalue weighted by Crippen LogP contribution is 2.09.